The first-order chi connectivity index (χ1) is 12.5. The van der Waals surface area contributed by atoms with Crippen LogP contribution in [0.5, 0.6) is 11.5 Å². The molecule has 0 aliphatic rings. The summed E-state index contributed by atoms with van der Waals surface area (Å²) in [4.78, 5) is 0. The number of nitrogens with one attached hydrogen (secondary N) is 2. The Morgan fingerprint density at radius 2 is 2.12 bits per heavy atom. The van der Waals surface area contributed by atoms with Crippen LogP contribution in [0.2, 0.25) is 5.02 Å². The van der Waals surface area contributed by atoms with Gasteiger partial charge in [0.05, 0.1) is 18.3 Å². The molecule has 2 rings (SSSR count). The van der Waals surface area contributed by atoms with E-state index < -0.39 is 5.82 Å². The maximum atomic E-state index is 13.8. The van der Waals surface area contributed by atoms with E-state index >= 15 is 0 Å². The minimum Gasteiger partial charge on any atom is -0.493 e. The van der Waals surface area contributed by atoms with Gasteiger partial charge < -0.3 is 14.8 Å². The van der Waals surface area contributed by atoms with Crippen LogP contribution in [-0.4, -0.2) is 25.0 Å². The number of hydrogen-bond acceptors (Lipinski definition) is 4. The summed E-state index contributed by atoms with van der Waals surface area (Å²) in [7, 11) is 1.53. The fraction of sp³-hybridized carbons (Fsp3) is 0.222. The third-order valence-electron chi connectivity index (χ3n) is 3.34. The molecule has 2 aromatic rings. The van der Waals surface area contributed by atoms with Crippen LogP contribution in [0.15, 0.2) is 41.5 Å². The molecular formula is C18H19ClFN3O2S. The van der Waals surface area contributed by atoms with Crippen LogP contribution in [0.4, 0.5) is 4.39 Å². The van der Waals surface area contributed by atoms with Gasteiger partial charge in [-0.2, -0.15) is 5.10 Å². The molecule has 5 nitrogen and oxygen atoms in total. The highest BCUT2D eigenvalue weighted by atomic mass is 35.5. The Labute approximate surface area is 162 Å². The summed E-state index contributed by atoms with van der Waals surface area (Å²) in [5.74, 6) is 0.554. The van der Waals surface area contributed by atoms with Crippen molar-refractivity contribution in [2.75, 3.05) is 13.7 Å². The number of hydrogen-bond donors (Lipinski definition) is 2. The van der Waals surface area contributed by atoms with Gasteiger partial charge in [-0.1, -0.05) is 17.7 Å². The average Bonchev–Trinajstić information content (AvgIpc) is 2.62. The molecule has 0 bridgehead atoms. The Balaban J connectivity index is 2.06. The summed E-state index contributed by atoms with van der Waals surface area (Å²) >= 11 is 11.0. The molecule has 0 aromatic heterocycles. The predicted octanol–water partition coefficient (Wildman–Crippen LogP) is 3.88. The molecule has 0 unspecified atom stereocenters. The van der Waals surface area contributed by atoms with Crippen LogP contribution >= 0.6 is 23.8 Å². The smallest absolute Gasteiger partial charge is 0.186 e. The van der Waals surface area contributed by atoms with E-state index in [0.29, 0.717) is 33.7 Å². The molecule has 8 heteroatoms. The summed E-state index contributed by atoms with van der Waals surface area (Å²) < 4.78 is 24.8. The van der Waals surface area contributed by atoms with E-state index in [1.54, 1.807) is 36.5 Å². The Hall–Kier alpha value is -2.38. The molecule has 0 aliphatic heterocycles. The molecule has 0 spiro atoms. The fourth-order valence-electron chi connectivity index (χ4n) is 2.07. The molecule has 2 N–H and O–H groups in total. The zero-order chi connectivity index (χ0) is 18.9. The van der Waals surface area contributed by atoms with Crippen molar-refractivity contribution in [1.82, 2.24) is 10.7 Å². The quantitative estimate of drug-likeness (QED) is 0.423. The topological polar surface area (TPSA) is 54.9 Å². The van der Waals surface area contributed by atoms with Crippen molar-refractivity contribution in [2.24, 2.45) is 5.10 Å². The SMILES string of the molecule is CCNC(=S)N/N=C\c1ccc(OCc2c(F)cccc2Cl)c(OC)c1. The number of benzene rings is 2. The van der Waals surface area contributed by atoms with E-state index in [1.807, 2.05) is 6.92 Å². The summed E-state index contributed by atoms with van der Waals surface area (Å²) in [6, 6.07) is 9.77. The second-order valence-electron chi connectivity index (χ2n) is 5.13. The van der Waals surface area contributed by atoms with Crippen molar-refractivity contribution in [3.05, 3.63) is 58.4 Å². The van der Waals surface area contributed by atoms with Gasteiger partial charge in [0.25, 0.3) is 0 Å². The van der Waals surface area contributed by atoms with E-state index in [1.165, 1.54) is 13.2 Å². The standard InChI is InChI=1S/C18H19ClFN3O2S/c1-3-21-18(26)23-22-10-12-7-8-16(17(9-12)24-2)25-11-13-14(19)5-4-6-15(13)20/h4-10H,3,11H2,1-2H3,(H2,21,23,26)/b22-10-. The van der Waals surface area contributed by atoms with Crippen LogP contribution in [-0.2, 0) is 6.61 Å². The Kier molecular flexibility index (Phi) is 7.62. The van der Waals surface area contributed by atoms with Crippen molar-refractivity contribution in [3.8, 4) is 11.5 Å². The third kappa shape index (κ3) is 5.57. The highest BCUT2D eigenvalue weighted by Gasteiger charge is 2.10. The van der Waals surface area contributed by atoms with Gasteiger partial charge in [-0.3, -0.25) is 5.43 Å². The van der Waals surface area contributed by atoms with Gasteiger partial charge in [-0.05, 0) is 55.0 Å². The largest absolute Gasteiger partial charge is 0.493 e. The minimum atomic E-state index is -0.414. The Morgan fingerprint density at radius 3 is 2.81 bits per heavy atom. The Bertz CT molecular complexity index is 782. The molecule has 0 atom stereocenters. The first-order valence-electron chi connectivity index (χ1n) is 7.85. The number of nitrogens with zero attached hydrogens (tertiary/aromatic N) is 1. The fourth-order valence-corrected chi connectivity index (χ4v) is 2.48. The lowest BCUT2D eigenvalue weighted by atomic mass is 10.2. The lowest BCUT2D eigenvalue weighted by Gasteiger charge is -2.12. The molecule has 0 saturated carbocycles. The van der Waals surface area contributed by atoms with Gasteiger partial charge in [0.15, 0.2) is 16.6 Å². The molecular weight excluding hydrogens is 377 g/mol. The summed E-state index contributed by atoms with van der Waals surface area (Å²) in [6.07, 6.45) is 1.60. The van der Waals surface area contributed by atoms with E-state index in [4.69, 9.17) is 33.3 Å². The molecule has 138 valence electrons. The second kappa shape index (κ2) is 9.94. The van der Waals surface area contributed by atoms with E-state index in [9.17, 15) is 4.39 Å². The molecule has 2 aromatic carbocycles. The summed E-state index contributed by atoms with van der Waals surface area (Å²) in [6.45, 7) is 2.65. The molecule has 0 fully saturated rings. The van der Waals surface area contributed by atoms with Crippen LogP contribution in [0.1, 0.15) is 18.1 Å². The average molecular weight is 396 g/mol. The monoisotopic (exact) mass is 395 g/mol. The van der Waals surface area contributed by atoms with Crippen LogP contribution in [0.3, 0.4) is 0 Å². The highest BCUT2D eigenvalue weighted by molar-refractivity contribution is 7.80. The van der Waals surface area contributed by atoms with Gasteiger partial charge in [-0.25, -0.2) is 4.39 Å². The van der Waals surface area contributed by atoms with Gasteiger partial charge in [0.2, 0.25) is 0 Å². The minimum absolute atomic E-state index is 0.00614. The van der Waals surface area contributed by atoms with E-state index in [-0.39, 0.29) is 6.61 Å². The molecule has 0 amide bonds. The molecule has 0 aliphatic carbocycles. The number of halogens is 2. The van der Waals surface area contributed by atoms with Gasteiger partial charge in [-0.15, -0.1) is 0 Å². The molecule has 26 heavy (non-hydrogen) atoms. The van der Waals surface area contributed by atoms with Gasteiger partial charge in [0.1, 0.15) is 12.4 Å². The van der Waals surface area contributed by atoms with Gasteiger partial charge in [0, 0.05) is 12.1 Å². The first kappa shape index (κ1) is 19.9. The number of hydrazone groups is 1. The molecule has 0 heterocycles. The number of rotatable bonds is 7. The van der Waals surface area contributed by atoms with Crippen LogP contribution in [0.25, 0.3) is 0 Å². The zero-order valence-corrected chi connectivity index (χ0v) is 16.0. The van der Waals surface area contributed by atoms with Crippen LogP contribution in [0, 0.1) is 5.82 Å². The van der Waals surface area contributed by atoms with Crippen molar-refractivity contribution in [2.45, 2.75) is 13.5 Å². The predicted molar refractivity (Wildman–Crippen MR) is 106 cm³/mol. The van der Waals surface area contributed by atoms with E-state index in [0.717, 1.165) is 5.56 Å². The summed E-state index contributed by atoms with van der Waals surface area (Å²) in [5.41, 5.74) is 3.78. The number of methoxy groups -OCH3 is 1. The number of thiocarbonyl (C=S) groups is 1. The van der Waals surface area contributed by atoms with Crippen molar-refractivity contribution < 1.29 is 13.9 Å². The number of ether oxygens (including phenoxy) is 2. The molecule has 0 radical (unpaired) electrons. The second-order valence-corrected chi connectivity index (χ2v) is 5.94. The van der Waals surface area contributed by atoms with Crippen molar-refractivity contribution in [3.63, 3.8) is 0 Å². The maximum Gasteiger partial charge on any atom is 0.186 e. The first-order valence-corrected chi connectivity index (χ1v) is 8.64. The Morgan fingerprint density at radius 1 is 1.31 bits per heavy atom. The third-order valence-corrected chi connectivity index (χ3v) is 3.93. The lowest BCUT2D eigenvalue weighted by Crippen LogP contribution is -2.31. The highest BCUT2D eigenvalue weighted by Crippen LogP contribution is 2.29. The van der Waals surface area contributed by atoms with Gasteiger partial charge >= 0.3 is 0 Å². The van der Waals surface area contributed by atoms with Crippen molar-refractivity contribution >= 4 is 35.1 Å². The van der Waals surface area contributed by atoms with E-state index in [2.05, 4.69) is 15.8 Å². The normalized spacial score (nSPS) is 10.6. The van der Waals surface area contributed by atoms with Crippen molar-refractivity contribution in [1.29, 1.82) is 0 Å². The maximum absolute atomic E-state index is 13.8. The molecule has 0 saturated heterocycles. The van der Waals surface area contributed by atoms with Crippen LogP contribution < -0.4 is 20.2 Å². The zero-order valence-electron chi connectivity index (χ0n) is 14.4. The summed E-state index contributed by atoms with van der Waals surface area (Å²) in [5, 5.41) is 7.72. The lowest BCUT2D eigenvalue weighted by molar-refractivity contribution is 0.280.